The minimum atomic E-state index is -3.42. The van der Waals surface area contributed by atoms with Crippen LogP contribution in [0.1, 0.15) is 45.1 Å². The Morgan fingerprint density at radius 3 is 2.61 bits per heavy atom. The summed E-state index contributed by atoms with van der Waals surface area (Å²) in [6.45, 7) is 5.39. The van der Waals surface area contributed by atoms with E-state index in [4.69, 9.17) is 0 Å². The number of hydrogen-bond acceptors (Lipinski definition) is 3. The average molecular weight is 338 g/mol. The predicted molar refractivity (Wildman–Crippen MR) is 90.4 cm³/mol. The van der Waals surface area contributed by atoms with Gasteiger partial charge >= 0.3 is 0 Å². The summed E-state index contributed by atoms with van der Waals surface area (Å²) in [4.78, 5) is 12.2. The maximum atomic E-state index is 12.7. The molecule has 1 heterocycles. The highest BCUT2D eigenvalue weighted by Crippen LogP contribution is 2.21. The third-order valence-corrected chi connectivity index (χ3v) is 6.27. The van der Waals surface area contributed by atoms with E-state index in [9.17, 15) is 13.2 Å². The van der Waals surface area contributed by atoms with Crippen molar-refractivity contribution in [3.8, 4) is 0 Å². The van der Waals surface area contributed by atoms with Gasteiger partial charge in [-0.05, 0) is 37.0 Å². The summed E-state index contributed by atoms with van der Waals surface area (Å²) >= 11 is 0. The van der Waals surface area contributed by atoms with Gasteiger partial charge in [-0.3, -0.25) is 4.79 Å². The molecule has 1 fully saturated rings. The molecule has 1 N–H and O–H groups in total. The first-order valence-electron chi connectivity index (χ1n) is 8.32. The molecule has 0 aliphatic carbocycles. The van der Waals surface area contributed by atoms with Gasteiger partial charge in [-0.25, -0.2) is 8.42 Å². The molecule has 6 heteroatoms. The first kappa shape index (κ1) is 17.9. The Balaban J connectivity index is 2.08. The summed E-state index contributed by atoms with van der Waals surface area (Å²) in [5.41, 5.74) is 0.805. The molecule has 0 aromatic heterocycles. The van der Waals surface area contributed by atoms with Gasteiger partial charge in [0.25, 0.3) is 0 Å². The lowest BCUT2D eigenvalue weighted by Crippen LogP contribution is -2.35. The number of nitrogens with zero attached hydrogens (tertiary/aromatic N) is 1. The van der Waals surface area contributed by atoms with Crippen LogP contribution >= 0.6 is 0 Å². The summed E-state index contributed by atoms with van der Waals surface area (Å²) in [5.74, 6) is -0.0351. The number of benzene rings is 1. The van der Waals surface area contributed by atoms with E-state index in [0.717, 1.165) is 31.2 Å². The molecule has 1 amide bonds. The van der Waals surface area contributed by atoms with Crippen LogP contribution < -0.4 is 5.32 Å². The van der Waals surface area contributed by atoms with Gasteiger partial charge in [0.15, 0.2) is 0 Å². The minimum Gasteiger partial charge on any atom is -0.352 e. The van der Waals surface area contributed by atoms with Crippen LogP contribution in [0.25, 0.3) is 0 Å². The van der Waals surface area contributed by atoms with Gasteiger partial charge in [-0.1, -0.05) is 32.4 Å². The third-order valence-electron chi connectivity index (χ3n) is 4.38. The van der Waals surface area contributed by atoms with E-state index in [1.165, 1.54) is 0 Å². The van der Waals surface area contributed by atoms with Gasteiger partial charge in [-0.15, -0.1) is 0 Å². The fraction of sp³-hybridized carbons (Fsp3) is 0.588. The lowest BCUT2D eigenvalue weighted by Gasteiger charge is -2.26. The molecule has 23 heavy (non-hydrogen) atoms. The standard InChI is InChI=1S/C17H26N2O3S/c1-3-14(2)17(20)18-13-15-8-7-9-16(12-15)23(21,22)19-10-5-4-6-11-19/h7-9,12,14H,3-6,10-11,13H2,1-2H3,(H,18,20). The Hall–Kier alpha value is -1.40. The van der Waals surface area contributed by atoms with Crippen LogP contribution in [-0.4, -0.2) is 31.7 Å². The molecule has 1 saturated heterocycles. The zero-order chi connectivity index (χ0) is 16.9. The predicted octanol–water partition coefficient (Wildman–Crippen LogP) is 2.52. The second kappa shape index (κ2) is 7.93. The number of carbonyl (C=O) groups excluding carboxylic acids is 1. The zero-order valence-electron chi connectivity index (χ0n) is 13.9. The first-order chi connectivity index (χ1) is 10.9. The monoisotopic (exact) mass is 338 g/mol. The molecule has 1 aromatic carbocycles. The smallest absolute Gasteiger partial charge is 0.243 e. The Morgan fingerprint density at radius 2 is 1.96 bits per heavy atom. The van der Waals surface area contributed by atoms with E-state index < -0.39 is 10.0 Å². The molecule has 1 aromatic rings. The Bertz CT molecular complexity index is 637. The molecule has 1 aliphatic heterocycles. The van der Waals surface area contributed by atoms with Crippen molar-refractivity contribution in [2.24, 2.45) is 5.92 Å². The van der Waals surface area contributed by atoms with Crippen molar-refractivity contribution in [1.82, 2.24) is 9.62 Å². The quantitative estimate of drug-likeness (QED) is 0.867. The molecular weight excluding hydrogens is 312 g/mol. The van der Waals surface area contributed by atoms with Crippen molar-refractivity contribution in [3.05, 3.63) is 29.8 Å². The van der Waals surface area contributed by atoms with Crippen molar-refractivity contribution in [1.29, 1.82) is 0 Å². The van der Waals surface area contributed by atoms with Gasteiger partial charge in [0, 0.05) is 25.6 Å². The number of rotatable bonds is 6. The molecule has 0 spiro atoms. The van der Waals surface area contributed by atoms with Crippen LogP contribution in [0.15, 0.2) is 29.2 Å². The summed E-state index contributed by atoms with van der Waals surface area (Å²) in [6.07, 6.45) is 3.72. The van der Waals surface area contributed by atoms with Crippen LogP contribution in [0.2, 0.25) is 0 Å². The summed E-state index contributed by atoms with van der Waals surface area (Å²) in [5, 5.41) is 2.86. The minimum absolute atomic E-state index is 0.00297. The first-order valence-corrected chi connectivity index (χ1v) is 9.76. The van der Waals surface area contributed by atoms with Gasteiger partial charge in [0.2, 0.25) is 15.9 Å². The van der Waals surface area contributed by atoms with Crippen molar-refractivity contribution >= 4 is 15.9 Å². The van der Waals surface area contributed by atoms with E-state index in [0.29, 0.717) is 24.5 Å². The number of sulfonamides is 1. The van der Waals surface area contributed by atoms with Crippen molar-refractivity contribution < 1.29 is 13.2 Å². The Kier molecular flexibility index (Phi) is 6.18. The third kappa shape index (κ3) is 4.54. The number of amides is 1. The number of carbonyl (C=O) groups is 1. The van der Waals surface area contributed by atoms with E-state index in [2.05, 4.69) is 5.32 Å². The molecule has 0 radical (unpaired) electrons. The fourth-order valence-electron chi connectivity index (χ4n) is 2.62. The summed E-state index contributed by atoms with van der Waals surface area (Å²) < 4.78 is 26.9. The normalized spacial score (nSPS) is 17.7. The average Bonchev–Trinajstić information content (AvgIpc) is 2.60. The topological polar surface area (TPSA) is 66.5 Å². The fourth-order valence-corrected chi connectivity index (χ4v) is 4.21. The second-order valence-corrected chi connectivity index (χ2v) is 8.08. The lowest BCUT2D eigenvalue weighted by atomic mass is 10.1. The summed E-state index contributed by atoms with van der Waals surface area (Å²) in [7, 11) is -3.42. The Labute approximate surface area is 139 Å². The van der Waals surface area contributed by atoms with E-state index in [-0.39, 0.29) is 11.8 Å². The zero-order valence-corrected chi connectivity index (χ0v) is 14.7. The van der Waals surface area contributed by atoms with Crippen molar-refractivity contribution in [2.45, 2.75) is 51.0 Å². The SMILES string of the molecule is CCC(C)C(=O)NCc1cccc(S(=O)(=O)N2CCCCC2)c1. The van der Waals surface area contributed by atoms with Crippen LogP contribution in [-0.2, 0) is 21.4 Å². The molecule has 1 unspecified atom stereocenters. The highest BCUT2D eigenvalue weighted by atomic mass is 32.2. The van der Waals surface area contributed by atoms with Gasteiger partial charge in [-0.2, -0.15) is 4.31 Å². The molecule has 1 aliphatic rings. The van der Waals surface area contributed by atoms with Crippen LogP contribution in [0.5, 0.6) is 0 Å². The van der Waals surface area contributed by atoms with Crippen molar-refractivity contribution in [2.75, 3.05) is 13.1 Å². The van der Waals surface area contributed by atoms with Gasteiger partial charge in [0.05, 0.1) is 4.90 Å². The lowest BCUT2D eigenvalue weighted by molar-refractivity contribution is -0.124. The molecule has 128 valence electrons. The van der Waals surface area contributed by atoms with E-state index in [1.807, 2.05) is 19.9 Å². The molecule has 5 nitrogen and oxygen atoms in total. The van der Waals surface area contributed by atoms with Gasteiger partial charge < -0.3 is 5.32 Å². The number of nitrogens with one attached hydrogen (secondary N) is 1. The maximum Gasteiger partial charge on any atom is 0.243 e. The largest absolute Gasteiger partial charge is 0.352 e. The highest BCUT2D eigenvalue weighted by Gasteiger charge is 2.25. The Morgan fingerprint density at radius 1 is 1.26 bits per heavy atom. The second-order valence-electron chi connectivity index (χ2n) is 6.14. The van der Waals surface area contributed by atoms with Crippen LogP contribution in [0.3, 0.4) is 0 Å². The highest BCUT2D eigenvalue weighted by molar-refractivity contribution is 7.89. The molecule has 2 rings (SSSR count). The summed E-state index contributed by atoms with van der Waals surface area (Å²) in [6, 6.07) is 6.87. The molecule has 1 atom stereocenters. The van der Waals surface area contributed by atoms with Crippen LogP contribution in [0, 0.1) is 5.92 Å². The molecule has 0 saturated carbocycles. The number of piperidine rings is 1. The number of hydrogen-bond donors (Lipinski definition) is 1. The van der Waals surface area contributed by atoms with Gasteiger partial charge in [0.1, 0.15) is 0 Å². The van der Waals surface area contributed by atoms with Crippen molar-refractivity contribution in [3.63, 3.8) is 0 Å². The van der Waals surface area contributed by atoms with E-state index >= 15 is 0 Å². The molecular formula is C17H26N2O3S. The molecule has 0 bridgehead atoms. The van der Waals surface area contributed by atoms with E-state index in [1.54, 1.807) is 22.5 Å². The van der Waals surface area contributed by atoms with Crippen LogP contribution in [0.4, 0.5) is 0 Å². The maximum absolute atomic E-state index is 12.7.